The van der Waals surface area contributed by atoms with Gasteiger partial charge in [0.25, 0.3) is 5.91 Å². The molecule has 0 spiro atoms. The predicted molar refractivity (Wildman–Crippen MR) is 126 cm³/mol. The van der Waals surface area contributed by atoms with Crippen molar-refractivity contribution in [2.24, 2.45) is 0 Å². The monoisotopic (exact) mass is 505 g/mol. The number of halogens is 3. The van der Waals surface area contributed by atoms with E-state index in [2.05, 4.69) is 53.9 Å². The third-order valence-electron chi connectivity index (χ3n) is 5.74. The Morgan fingerprint density at radius 2 is 1.78 bits per heavy atom. The fourth-order valence-electron chi connectivity index (χ4n) is 3.88. The number of fused-ring (bicyclic) bond motifs is 1. The minimum atomic E-state index is -4.78. The van der Waals surface area contributed by atoms with Crippen LogP contribution in [0.4, 0.5) is 24.9 Å². The van der Waals surface area contributed by atoms with E-state index in [4.69, 9.17) is 4.74 Å². The van der Waals surface area contributed by atoms with Gasteiger partial charge < -0.3 is 24.6 Å². The molecule has 1 aliphatic heterocycles. The van der Waals surface area contributed by atoms with Gasteiger partial charge in [-0.2, -0.15) is 4.98 Å². The molecule has 3 aromatic rings. The average Bonchev–Trinajstić information content (AvgIpc) is 2.83. The minimum absolute atomic E-state index is 0.204. The molecular weight excluding hydrogens is 479 g/mol. The van der Waals surface area contributed by atoms with Crippen LogP contribution in [0.1, 0.15) is 18.5 Å². The number of carbonyl (C=O) groups is 1. The van der Waals surface area contributed by atoms with Gasteiger partial charge in [-0.15, -0.1) is 13.2 Å². The van der Waals surface area contributed by atoms with E-state index in [0.717, 1.165) is 38.1 Å². The van der Waals surface area contributed by atoms with E-state index in [0.29, 0.717) is 28.8 Å². The molecule has 0 saturated carbocycles. The number of hydrogen-bond donors (Lipinski definition) is 1. The van der Waals surface area contributed by atoms with Crippen LogP contribution in [0.15, 0.2) is 30.5 Å². The Hall–Kier alpha value is -3.74. The molecule has 1 amide bonds. The smallest absolute Gasteiger partial charge is 0.484 e. The highest BCUT2D eigenvalue weighted by atomic mass is 19.4. The van der Waals surface area contributed by atoms with Gasteiger partial charge in [-0.1, -0.05) is 0 Å². The van der Waals surface area contributed by atoms with Crippen molar-refractivity contribution in [3.63, 3.8) is 0 Å². The van der Waals surface area contributed by atoms with Gasteiger partial charge in [0.2, 0.25) is 5.95 Å². The van der Waals surface area contributed by atoms with Crippen molar-refractivity contribution in [2.75, 3.05) is 44.0 Å². The minimum Gasteiger partial charge on any atom is -0.484 e. The van der Waals surface area contributed by atoms with Gasteiger partial charge in [0.15, 0.2) is 18.1 Å². The first-order valence-corrected chi connectivity index (χ1v) is 11.3. The van der Waals surface area contributed by atoms with E-state index in [-0.39, 0.29) is 23.9 Å². The summed E-state index contributed by atoms with van der Waals surface area (Å²) in [4.78, 5) is 34.6. The molecule has 0 aliphatic carbocycles. The van der Waals surface area contributed by atoms with Gasteiger partial charge in [0.1, 0.15) is 17.0 Å². The van der Waals surface area contributed by atoms with E-state index in [9.17, 15) is 18.0 Å². The van der Waals surface area contributed by atoms with Crippen LogP contribution >= 0.6 is 0 Å². The lowest BCUT2D eigenvalue weighted by Crippen LogP contribution is -2.42. The van der Waals surface area contributed by atoms with E-state index < -0.39 is 12.3 Å². The van der Waals surface area contributed by atoms with Crippen molar-refractivity contribution in [3.05, 3.63) is 36.2 Å². The van der Waals surface area contributed by atoms with E-state index >= 15 is 0 Å². The Balaban J connectivity index is 1.35. The van der Waals surface area contributed by atoms with Crippen LogP contribution in [0.3, 0.4) is 0 Å². The number of alkyl halides is 3. The predicted octanol–water partition coefficient (Wildman–Crippen LogP) is 3.17. The number of aryl methyl sites for hydroxylation is 1. The van der Waals surface area contributed by atoms with Gasteiger partial charge in [-0.25, -0.2) is 15.0 Å². The second-order valence-corrected chi connectivity index (χ2v) is 8.57. The number of amides is 1. The van der Waals surface area contributed by atoms with Crippen LogP contribution in [0.2, 0.25) is 0 Å². The molecule has 3 heterocycles. The summed E-state index contributed by atoms with van der Waals surface area (Å²) in [5, 5.41) is 2.59. The maximum absolute atomic E-state index is 12.3. The highest BCUT2D eigenvalue weighted by Crippen LogP contribution is 2.25. The zero-order chi connectivity index (χ0) is 25.9. The van der Waals surface area contributed by atoms with Crippen LogP contribution < -0.4 is 19.7 Å². The number of anilines is 2. The summed E-state index contributed by atoms with van der Waals surface area (Å²) >= 11 is 0. The number of ether oxygens (including phenoxy) is 2. The standard InChI is InChI=1S/C23H26F3N7O3/c1-14-20-21(31-22(28-14)33-10-8-15(9-11-33)32(2)3)27-12-18(30-20)29-19(34)13-35-16-4-6-17(7-5-16)36-23(24,25)26/h4-7,12,15H,8-11,13H2,1-3H3,(H,29,30,34). The number of aromatic nitrogens is 4. The zero-order valence-corrected chi connectivity index (χ0v) is 20.0. The van der Waals surface area contributed by atoms with Crippen LogP contribution in [0, 0.1) is 6.92 Å². The third-order valence-corrected chi connectivity index (χ3v) is 5.74. The van der Waals surface area contributed by atoms with Crippen molar-refractivity contribution < 1.29 is 27.4 Å². The topological polar surface area (TPSA) is 106 Å². The Morgan fingerprint density at radius 3 is 2.42 bits per heavy atom. The van der Waals surface area contributed by atoms with Crippen molar-refractivity contribution in [2.45, 2.75) is 32.2 Å². The molecule has 1 fully saturated rings. The quantitative estimate of drug-likeness (QED) is 0.518. The summed E-state index contributed by atoms with van der Waals surface area (Å²) in [7, 11) is 4.17. The number of nitrogens with one attached hydrogen (secondary N) is 1. The fourth-order valence-corrected chi connectivity index (χ4v) is 3.88. The van der Waals surface area contributed by atoms with Gasteiger partial charge in [0, 0.05) is 19.1 Å². The lowest BCUT2D eigenvalue weighted by molar-refractivity contribution is -0.274. The van der Waals surface area contributed by atoms with Crippen molar-refractivity contribution in [3.8, 4) is 11.5 Å². The summed E-state index contributed by atoms with van der Waals surface area (Å²) < 4.78 is 45.8. The van der Waals surface area contributed by atoms with E-state index in [1.165, 1.54) is 18.3 Å². The van der Waals surface area contributed by atoms with Crippen LogP contribution in [0.25, 0.3) is 11.2 Å². The number of hydrogen-bond acceptors (Lipinski definition) is 9. The molecule has 0 radical (unpaired) electrons. The van der Waals surface area contributed by atoms with Crippen LogP contribution in [0.5, 0.6) is 11.5 Å². The van der Waals surface area contributed by atoms with Gasteiger partial charge in [-0.3, -0.25) is 4.79 Å². The molecule has 1 aromatic carbocycles. The number of benzene rings is 1. The first-order chi connectivity index (χ1) is 17.1. The van der Waals surface area contributed by atoms with E-state index in [1.54, 1.807) is 0 Å². The van der Waals surface area contributed by atoms with Crippen molar-refractivity contribution >= 4 is 28.8 Å². The number of piperidine rings is 1. The Labute approximate surface area is 205 Å². The molecule has 4 rings (SSSR count). The van der Waals surface area contributed by atoms with Crippen LogP contribution in [-0.4, -0.2) is 76.9 Å². The second-order valence-electron chi connectivity index (χ2n) is 8.57. The Morgan fingerprint density at radius 1 is 1.11 bits per heavy atom. The second kappa shape index (κ2) is 10.5. The average molecular weight is 506 g/mol. The molecule has 13 heteroatoms. The Bertz CT molecular complexity index is 1210. The number of nitrogens with zero attached hydrogens (tertiary/aromatic N) is 6. The molecule has 1 N–H and O–H groups in total. The van der Waals surface area contributed by atoms with E-state index in [1.807, 2.05) is 6.92 Å². The SMILES string of the molecule is Cc1nc(N2CCC(N(C)C)CC2)nc2ncc(NC(=O)COc3ccc(OC(F)(F)F)cc3)nc12. The normalized spacial score (nSPS) is 14.8. The molecule has 2 aromatic heterocycles. The van der Waals surface area contributed by atoms with Gasteiger partial charge in [0.05, 0.1) is 11.9 Å². The molecule has 36 heavy (non-hydrogen) atoms. The maximum atomic E-state index is 12.3. The molecule has 1 saturated heterocycles. The zero-order valence-electron chi connectivity index (χ0n) is 20.0. The number of carbonyl (C=O) groups excluding carboxylic acids is 1. The molecule has 0 unspecified atom stereocenters. The summed E-state index contributed by atoms with van der Waals surface area (Å²) in [6.45, 7) is 3.15. The summed E-state index contributed by atoms with van der Waals surface area (Å²) in [6.07, 6.45) is -1.33. The van der Waals surface area contributed by atoms with Crippen molar-refractivity contribution in [1.29, 1.82) is 0 Å². The number of rotatable bonds is 7. The first-order valence-electron chi connectivity index (χ1n) is 11.3. The lowest BCUT2D eigenvalue weighted by atomic mass is 10.0. The summed E-state index contributed by atoms with van der Waals surface area (Å²) in [6, 6.07) is 5.27. The maximum Gasteiger partial charge on any atom is 0.573 e. The van der Waals surface area contributed by atoms with Crippen LogP contribution in [-0.2, 0) is 4.79 Å². The first kappa shape index (κ1) is 25.4. The highest BCUT2D eigenvalue weighted by molar-refractivity contribution is 5.91. The molecule has 1 aliphatic rings. The lowest BCUT2D eigenvalue weighted by Gasteiger charge is -2.35. The fraction of sp³-hybridized carbons (Fsp3) is 0.435. The molecular formula is C23H26F3N7O3. The molecule has 0 bridgehead atoms. The highest BCUT2D eigenvalue weighted by Gasteiger charge is 2.31. The summed E-state index contributed by atoms with van der Waals surface area (Å²) in [5.74, 6) is 0.123. The molecule has 0 atom stereocenters. The van der Waals surface area contributed by atoms with Crippen molar-refractivity contribution in [1.82, 2.24) is 24.8 Å². The summed E-state index contributed by atoms with van der Waals surface area (Å²) in [5.41, 5.74) is 1.55. The largest absolute Gasteiger partial charge is 0.573 e. The third kappa shape index (κ3) is 6.47. The van der Waals surface area contributed by atoms with Gasteiger partial charge >= 0.3 is 6.36 Å². The molecule has 10 nitrogen and oxygen atoms in total. The Kier molecular flexibility index (Phi) is 7.38. The molecule has 192 valence electrons. The van der Waals surface area contributed by atoms with Gasteiger partial charge in [-0.05, 0) is 58.1 Å².